The van der Waals surface area contributed by atoms with Gasteiger partial charge in [0.15, 0.2) is 0 Å². The van der Waals surface area contributed by atoms with Gasteiger partial charge in [-0.2, -0.15) is 0 Å². The molecule has 0 radical (unpaired) electrons. The summed E-state index contributed by atoms with van der Waals surface area (Å²) in [5, 5.41) is 0. The van der Waals surface area contributed by atoms with Crippen LogP contribution in [0.2, 0.25) is 0 Å². The summed E-state index contributed by atoms with van der Waals surface area (Å²) in [5.41, 5.74) is 10.3. The van der Waals surface area contributed by atoms with Crippen molar-refractivity contribution in [2.75, 3.05) is 11.5 Å². The van der Waals surface area contributed by atoms with E-state index in [9.17, 15) is 0 Å². The van der Waals surface area contributed by atoms with Gasteiger partial charge in [0, 0.05) is 28.8 Å². The second kappa shape index (κ2) is 11.3. The molecule has 1 atom stereocenters. The SMILES string of the molecule is Cc1cc(Oc2cc(C3=N[C@H](C4CCCC4)CO3)c(C)cc2C)cc(N2c3ccc(C(C)(C)C)cc3C(C)(C)c3cccnc32)c1. The molecule has 0 bridgehead atoms. The molecule has 0 unspecified atom stereocenters. The summed E-state index contributed by atoms with van der Waals surface area (Å²) in [5.74, 6) is 3.98. The maximum atomic E-state index is 6.73. The highest BCUT2D eigenvalue weighted by atomic mass is 16.5. The normalized spacial score (nSPS) is 19.0. The van der Waals surface area contributed by atoms with Gasteiger partial charge in [0.25, 0.3) is 0 Å². The molecule has 7 rings (SSSR count). The Bertz CT molecular complexity index is 1840. The third kappa shape index (κ3) is 5.38. The number of fused-ring (bicyclic) bond motifs is 2. The quantitative estimate of drug-likeness (QED) is 0.225. The van der Waals surface area contributed by atoms with Gasteiger partial charge < -0.3 is 9.47 Å². The minimum Gasteiger partial charge on any atom is -0.475 e. The number of anilines is 3. The average Bonchev–Trinajstić information content (AvgIpc) is 3.71. The number of hydrogen-bond donors (Lipinski definition) is 0. The van der Waals surface area contributed by atoms with E-state index in [2.05, 4.69) is 115 Å². The molecule has 5 heteroatoms. The number of rotatable bonds is 5. The van der Waals surface area contributed by atoms with Crippen molar-refractivity contribution in [3.63, 3.8) is 0 Å². The molecule has 0 N–H and O–H groups in total. The first-order valence-corrected chi connectivity index (χ1v) is 16.9. The molecule has 1 aliphatic carbocycles. The lowest BCUT2D eigenvalue weighted by Gasteiger charge is -2.41. The summed E-state index contributed by atoms with van der Waals surface area (Å²) in [6.07, 6.45) is 7.04. The number of pyridine rings is 1. The van der Waals surface area contributed by atoms with E-state index in [0.717, 1.165) is 56.8 Å². The summed E-state index contributed by atoms with van der Waals surface area (Å²) >= 11 is 0. The molecule has 0 saturated heterocycles. The molecule has 5 nitrogen and oxygen atoms in total. The smallest absolute Gasteiger partial charge is 0.216 e. The Kier molecular flexibility index (Phi) is 7.49. The number of aromatic nitrogens is 1. The number of aryl methyl sites for hydroxylation is 3. The Hall–Kier alpha value is -4.12. The summed E-state index contributed by atoms with van der Waals surface area (Å²) in [6, 6.07) is 22.3. The van der Waals surface area contributed by atoms with Gasteiger partial charge in [-0.3, -0.25) is 4.90 Å². The maximum Gasteiger partial charge on any atom is 0.216 e. The highest BCUT2D eigenvalue weighted by molar-refractivity contribution is 5.97. The molecule has 0 spiro atoms. The predicted molar refractivity (Wildman–Crippen MR) is 189 cm³/mol. The van der Waals surface area contributed by atoms with Crippen molar-refractivity contribution in [2.45, 2.75) is 97.9 Å². The third-order valence-corrected chi connectivity index (χ3v) is 10.3. The molecule has 1 aromatic heterocycles. The average molecular weight is 614 g/mol. The van der Waals surface area contributed by atoms with E-state index < -0.39 is 0 Å². The predicted octanol–water partition coefficient (Wildman–Crippen LogP) is 10.5. The van der Waals surface area contributed by atoms with Crippen LogP contribution in [0.15, 0.2) is 71.9 Å². The van der Waals surface area contributed by atoms with Crippen molar-refractivity contribution in [1.82, 2.24) is 4.98 Å². The van der Waals surface area contributed by atoms with Crippen LogP contribution in [0, 0.1) is 26.7 Å². The Balaban J connectivity index is 1.28. The van der Waals surface area contributed by atoms with E-state index in [1.54, 1.807) is 0 Å². The van der Waals surface area contributed by atoms with Gasteiger partial charge in [-0.25, -0.2) is 9.98 Å². The molecule has 3 heterocycles. The van der Waals surface area contributed by atoms with Gasteiger partial charge in [0.05, 0.1) is 17.4 Å². The van der Waals surface area contributed by atoms with Crippen LogP contribution < -0.4 is 9.64 Å². The summed E-state index contributed by atoms with van der Waals surface area (Å²) in [4.78, 5) is 12.3. The second-order valence-corrected chi connectivity index (χ2v) is 15.2. The molecule has 238 valence electrons. The molecule has 3 aliphatic rings. The number of aliphatic imine (C=N–C) groups is 1. The first-order valence-electron chi connectivity index (χ1n) is 16.9. The molecule has 1 saturated carbocycles. The fraction of sp³-hybridized carbons (Fsp3) is 0.415. The summed E-state index contributed by atoms with van der Waals surface area (Å²) in [6.45, 7) is 18.5. The lowest BCUT2D eigenvalue weighted by Crippen LogP contribution is -2.32. The van der Waals surface area contributed by atoms with Crippen molar-refractivity contribution in [2.24, 2.45) is 10.9 Å². The van der Waals surface area contributed by atoms with Gasteiger partial charge in [-0.15, -0.1) is 0 Å². The zero-order valence-electron chi connectivity index (χ0n) is 28.7. The zero-order chi connectivity index (χ0) is 32.4. The van der Waals surface area contributed by atoms with Crippen molar-refractivity contribution in [3.05, 3.63) is 106 Å². The van der Waals surface area contributed by atoms with Crippen LogP contribution in [0.3, 0.4) is 0 Å². The second-order valence-electron chi connectivity index (χ2n) is 15.2. The molecule has 1 fully saturated rings. The van der Waals surface area contributed by atoms with E-state index >= 15 is 0 Å². The minimum absolute atomic E-state index is 0.0484. The van der Waals surface area contributed by atoms with Gasteiger partial charge in [0.2, 0.25) is 5.90 Å². The van der Waals surface area contributed by atoms with Crippen molar-refractivity contribution < 1.29 is 9.47 Å². The molecule has 0 amide bonds. The maximum absolute atomic E-state index is 6.73. The Labute approximate surface area is 274 Å². The largest absolute Gasteiger partial charge is 0.475 e. The van der Waals surface area contributed by atoms with Crippen LogP contribution in [-0.4, -0.2) is 23.5 Å². The van der Waals surface area contributed by atoms with Crippen LogP contribution >= 0.6 is 0 Å². The Morgan fingerprint density at radius 1 is 0.891 bits per heavy atom. The van der Waals surface area contributed by atoms with Crippen LogP contribution in [0.25, 0.3) is 0 Å². The molecule has 4 aromatic rings. The van der Waals surface area contributed by atoms with E-state index in [1.807, 2.05) is 12.3 Å². The molecule has 2 aliphatic heterocycles. The van der Waals surface area contributed by atoms with Crippen LogP contribution in [-0.2, 0) is 15.6 Å². The van der Waals surface area contributed by atoms with Crippen molar-refractivity contribution in [3.8, 4) is 11.5 Å². The molecule has 3 aromatic carbocycles. The summed E-state index contributed by atoms with van der Waals surface area (Å²) in [7, 11) is 0. The fourth-order valence-corrected chi connectivity index (χ4v) is 7.62. The third-order valence-electron chi connectivity index (χ3n) is 10.3. The number of ether oxygens (including phenoxy) is 2. The Morgan fingerprint density at radius 2 is 1.67 bits per heavy atom. The van der Waals surface area contributed by atoms with Crippen molar-refractivity contribution >= 4 is 23.1 Å². The first kappa shape index (κ1) is 30.5. The highest BCUT2D eigenvalue weighted by Gasteiger charge is 2.39. The van der Waals surface area contributed by atoms with Gasteiger partial charge >= 0.3 is 0 Å². The number of nitrogens with zero attached hydrogens (tertiary/aromatic N) is 3. The van der Waals surface area contributed by atoms with Gasteiger partial charge in [-0.1, -0.05) is 71.7 Å². The lowest BCUT2D eigenvalue weighted by molar-refractivity contribution is 0.279. The van der Waals surface area contributed by atoms with Crippen LogP contribution in [0.1, 0.15) is 99.2 Å². The molecule has 46 heavy (non-hydrogen) atoms. The monoisotopic (exact) mass is 613 g/mol. The van der Waals surface area contributed by atoms with Crippen molar-refractivity contribution in [1.29, 1.82) is 0 Å². The zero-order valence-corrected chi connectivity index (χ0v) is 28.7. The summed E-state index contributed by atoms with van der Waals surface area (Å²) < 4.78 is 12.9. The lowest BCUT2D eigenvalue weighted by atomic mass is 9.72. The number of hydrogen-bond acceptors (Lipinski definition) is 5. The highest BCUT2D eigenvalue weighted by Crippen LogP contribution is 2.52. The van der Waals surface area contributed by atoms with Crippen LogP contribution in [0.5, 0.6) is 11.5 Å². The fourth-order valence-electron chi connectivity index (χ4n) is 7.62. The minimum atomic E-state index is -0.197. The van der Waals surface area contributed by atoms with E-state index in [0.29, 0.717) is 12.5 Å². The van der Waals surface area contributed by atoms with E-state index in [4.69, 9.17) is 19.5 Å². The van der Waals surface area contributed by atoms with Gasteiger partial charge in [-0.05, 0) is 103 Å². The Morgan fingerprint density at radius 3 is 2.43 bits per heavy atom. The molecular formula is C41H47N3O2. The van der Waals surface area contributed by atoms with E-state index in [-0.39, 0.29) is 16.9 Å². The topological polar surface area (TPSA) is 47.0 Å². The first-order chi connectivity index (χ1) is 21.9. The standard InChI is InChI=1S/C41H47N3O2/c1-25-18-30(44-36-16-15-29(40(4,5)6)21-34(36)41(7,8)33-14-11-17-42-38(33)44)22-31(19-25)46-37-23-32(26(2)20-27(37)3)39-43-35(24-45-39)28-12-9-10-13-28/h11,14-23,28,35H,9-10,12-13,24H2,1-8H3/t35-/m0/s1. The van der Waals surface area contributed by atoms with E-state index in [1.165, 1.54) is 42.4 Å². The van der Waals surface area contributed by atoms with Crippen LogP contribution in [0.4, 0.5) is 17.2 Å². The van der Waals surface area contributed by atoms with Gasteiger partial charge in [0.1, 0.15) is 23.9 Å². The molecular weight excluding hydrogens is 566 g/mol. The number of benzene rings is 3.